The number of hydrogen-bond acceptors (Lipinski definition) is 5. The van der Waals surface area contributed by atoms with Crippen molar-refractivity contribution in [3.05, 3.63) is 21.6 Å². The quantitative estimate of drug-likeness (QED) is 0.910. The lowest BCUT2D eigenvalue weighted by molar-refractivity contribution is 0.122. The van der Waals surface area contributed by atoms with Crippen LogP contribution in [0.15, 0.2) is 4.79 Å². The minimum atomic E-state index is 0.0545. The number of rotatable bonds is 3. The molecule has 4 rings (SSSR count). The molecule has 6 nitrogen and oxygen atoms in total. The average molecular weight is 332 g/mol. The van der Waals surface area contributed by atoms with Crippen molar-refractivity contribution in [3.63, 3.8) is 0 Å². The van der Waals surface area contributed by atoms with Gasteiger partial charge in [-0.3, -0.25) is 14.7 Å². The van der Waals surface area contributed by atoms with E-state index in [1.165, 1.54) is 38.6 Å². The Labute approximate surface area is 143 Å². The molecule has 1 aromatic rings. The first-order valence-electron chi connectivity index (χ1n) is 9.47. The van der Waals surface area contributed by atoms with Gasteiger partial charge < -0.3 is 9.64 Å². The normalized spacial score (nSPS) is 23.2. The van der Waals surface area contributed by atoms with Gasteiger partial charge in [-0.25, -0.2) is 4.98 Å². The van der Waals surface area contributed by atoms with E-state index in [0.29, 0.717) is 13.2 Å². The Hall–Kier alpha value is -1.40. The molecule has 1 saturated carbocycles. The zero-order chi connectivity index (χ0) is 16.4. The van der Waals surface area contributed by atoms with Gasteiger partial charge in [-0.2, -0.15) is 0 Å². The van der Waals surface area contributed by atoms with Gasteiger partial charge in [-0.15, -0.1) is 0 Å². The molecule has 0 radical (unpaired) electrons. The monoisotopic (exact) mass is 332 g/mol. The van der Waals surface area contributed by atoms with Gasteiger partial charge in [0.1, 0.15) is 0 Å². The Morgan fingerprint density at radius 1 is 1.12 bits per heavy atom. The molecular weight excluding hydrogens is 304 g/mol. The highest BCUT2D eigenvalue weighted by molar-refractivity contribution is 5.34. The summed E-state index contributed by atoms with van der Waals surface area (Å²) in [6.07, 6.45) is 7.73. The molecule has 0 aromatic carbocycles. The Morgan fingerprint density at radius 3 is 2.71 bits per heavy atom. The van der Waals surface area contributed by atoms with Gasteiger partial charge in [-0.1, -0.05) is 19.3 Å². The summed E-state index contributed by atoms with van der Waals surface area (Å²) >= 11 is 0. The van der Waals surface area contributed by atoms with E-state index in [4.69, 9.17) is 9.72 Å². The van der Waals surface area contributed by atoms with Crippen LogP contribution in [0.1, 0.15) is 43.4 Å². The maximum absolute atomic E-state index is 12.5. The van der Waals surface area contributed by atoms with Gasteiger partial charge in [0.2, 0.25) is 5.95 Å². The molecule has 1 N–H and O–H groups in total. The van der Waals surface area contributed by atoms with Crippen LogP contribution in [0.25, 0.3) is 0 Å². The van der Waals surface area contributed by atoms with E-state index in [0.717, 1.165) is 55.7 Å². The Morgan fingerprint density at radius 2 is 1.92 bits per heavy atom. The molecule has 24 heavy (non-hydrogen) atoms. The summed E-state index contributed by atoms with van der Waals surface area (Å²) in [6.45, 7) is 5.99. The van der Waals surface area contributed by atoms with Gasteiger partial charge >= 0.3 is 0 Å². The van der Waals surface area contributed by atoms with Crippen LogP contribution in [-0.2, 0) is 17.7 Å². The molecule has 3 heterocycles. The molecular formula is C18H28N4O2. The number of fused-ring (bicyclic) bond motifs is 1. The van der Waals surface area contributed by atoms with Crippen molar-refractivity contribution in [3.8, 4) is 0 Å². The average Bonchev–Trinajstić information content (AvgIpc) is 2.63. The van der Waals surface area contributed by atoms with E-state index in [-0.39, 0.29) is 5.56 Å². The van der Waals surface area contributed by atoms with Crippen LogP contribution in [0.5, 0.6) is 0 Å². The first-order valence-corrected chi connectivity index (χ1v) is 9.47. The molecule has 0 bridgehead atoms. The van der Waals surface area contributed by atoms with Crippen molar-refractivity contribution in [1.29, 1.82) is 0 Å². The topological polar surface area (TPSA) is 61.5 Å². The minimum Gasteiger partial charge on any atom is -0.378 e. The second-order valence-corrected chi connectivity index (χ2v) is 7.40. The second kappa shape index (κ2) is 7.23. The van der Waals surface area contributed by atoms with Gasteiger partial charge in [0.15, 0.2) is 0 Å². The largest absolute Gasteiger partial charge is 0.378 e. The predicted octanol–water partition coefficient (Wildman–Crippen LogP) is 1.54. The van der Waals surface area contributed by atoms with Crippen LogP contribution in [-0.4, -0.2) is 54.3 Å². The number of ether oxygens (including phenoxy) is 1. The lowest BCUT2D eigenvalue weighted by atomic mass is 9.88. The van der Waals surface area contributed by atoms with Gasteiger partial charge in [0.25, 0.3) is 5.56 Å². The summed E-state index contributed by atoms with van der Waals surface area (Å²) < 4.78 is 5.40. The van der Waals surface area contributed by atoms with Crippen molar-refractivity contribution in [1.82, 2.24) is 14.9 Å². The molecule has 0 atom stereocenters. The number of morpholine rings is 1. The standard InChI is InChI=1S/C18H28N4O2/c23-17-15-6-7-21(12-14-4-2-1-3-5-14)13-16(15)19-18(20-17)22-8-10-24-11-9-22/h14H,1-13H2,(H,19,20,23). The van der Waals surface area contributed by atoms with Crippen molar-refractivity contribution in [2.45, 2.75) is 45.1 Å². The second-order valence-electron chi connectivity index (χ2n) is 7.40. The number of aromatic amines is 1. The zero-order valence-electron chi connectivity index (χ0n) is 14.4. The van der Waals surface area contributed by atoms with E-state index in [1.807, 2.05) is 0 Å². The number of H-pyrrole nitrogens is 1. The highest BCUT2D eigenvalue weighted by Gasteiger charge is 2.25. The van der Waals surface area contributed by atoms with Crippen molar-refractivity contribution < 1.29 is 4.74 Å². The van der Waals surface area contributed by atoms with E-state index in [9.17, 15) is 4.79 Å². The first-order chi connectivity index (χ1) is 11.8. The lowest BCUT2D eigenvalue weighted by Gasteiger charge is -2.33. The van der Waals surface area contributed by atoms with E-state index in [2.05, 4.69) is 14.8 Å². The number of aromatic nitrogens is 2. The summed E-state index contributed by atoms with van der Waals surface area (Å²) in [5, 5.41) is 0. The summed E-state index contributed by atoms with van der Waals surface area (Å²) in [7, 11) is 0. The number of anilines is 1. The molecule has 0 spiro atoms. The smallest absolute Gasteiger partial charge is 0.255 e. The third-order valence-electron chi connectivity index (χ3n) is 5.69. The molecule has 1 aromatic heterocycles. The zero-order valence-corrected chi connectivity index (χ0v) is 14.4. The fourth-order valence-corrected chi connectivity index (χ4v) is 4.30. The van der Waals surface area contributed by atoms with E-state index in [1.54, 1.807) is 0 Å². The predicted molar refractivity (Wildman–Crippen MR) is 93.4 cm³/mol. The SMILES string of the molecule is O=c1[nH]c(N2CCOCC2)nc2c1CCN(CC1CCCCC1)C2. The number of hydrogen-bond donors (Lipinski definition) is 1. The molecule has 132 valence electrons. The van der Waals surface area contributed by atoms with Crippen LogP contribution in [0, 0.1) is 5.92 Å². The maximum Gasteiger partial charge on any atom is 0.255 e. The Bertz CT molecular complexity index is 618. The van der Waals surface area contributed by atoms with E-state index < -0.39 is 0 Å². The molecule has 1 aliphatic carbocycles. The lowest BCUT2D eigenvalue weighted by Crippen LogP contribution is -2.41. The molecule has 1 saturated heterocycles. The van der Waals surface area contributed by atoms with Crippen LogP contribution in [0.4, 0.5) is 5.95 Å². The van der Waals surface area contributed by atoms with Crippen LogP contribution >= 0.6 is 0 Å². The number of nitrogens with zero attached hydrogens (tertiary/aromatic N) is 3. The maximum atomic E-state index is 12.5. The molecule has 3 aliphatic rings. The van der Waals surface area contributed by atoms with Crippen molar-refractivity contribution in [2.75, 3.05) is 44.3 Å². The van der Waals surface area contributed by atoms with Crippen LogP contribution < -0.4 is 10.5 Å². The number of nitrogens with one attached hydrogen (secondary N) is 1. The van der Waals surface area contributed by atoms with E-state index >= 15 is 0 Å². The third-order valence-corrected chi connectivity index (χ3v) is 5.69. The van der Waals surface area contributed by atoms with Crippen LogP contribution in [0.2, 0.25) is 0 Å². The van der Waals surface area contributed by atoms with Gasteiger partial charge in [0.05, 0.1) is 18.9 Å². The third kappa shape index (κ3) is 3.49. The molecule has 6 heteroatoms. The first kappa shape index (κ1) is 16.1. The van der Waals surface area contributed by atoms with Crippen LogP contribution in [0.3, 0.4) is 0 Å². The highest BCUT2D eigenvalue weighted by atomic mass is 16.5. The highest BCUT2D eigenvalue weighted by Crippen LogP contribution is 2.26. The van der Waals surface area contributed by atoms with Gasteiger partial charge in [0, 0.05) is 38.3 Å². The molecule has 2 fully saturated rings. The van der Waals surface area contributed by atoms with Gasteiger partial charge in [-0.05, 0) is 25.2 Å². The molecule has 0 amide bonds. The summed E-state index contributed by atoms with van der Waals surface area (Å²) in [6, 6.07) is 0. The molecule has 2 aliphatic heterocycles. The minimum absolute atomic E-state index is 0.0545. The summed E-state index contributed by atoms with van der Waals surface area (Å²) in [5.74, 6) is 1.56. The van der Waals surface area contributed by atoms with Crippen molar-refractivity contribution in [2.24, 2.45) is 5.92 Å². The van der Waals surface area contributed by atoms with Crippen molar-refractivity contribution >= 4 is 5.95 Å². The Balaban J connectivity index is 1.48. The Kier molecular flexibility index (Phi) is 4.85. The fourth-order valence-electron chi connectivity index (χ4n) is 4.30. The fraction of sp³-hybridized carbons (Fsp3) is 0.778. The summed E-state index contributed by atoms with van der Waals surface area (Å²) in [5.41, 5.74) is 1.94. The molecule has 0 unspecified atom stereocenters. The summed E-state index contributed by atoms with van der Waals surface area (Å²) in [4.78, 5) is 24.9.